The maximum atomic E-state index is 13.2. The molecule has 1 aliphatic rings. The third-order valence-electron chi connectivity index (χ3n) is 4.16. The zero-order valence-electron chi connectivity index (χ0n) is 13.3. The Morgan fingerprint density at radius 3 is 2.71 bits per heavy atom. The SMILES string of the molecule is Cc1nn(CCC#N)c(C)c1-c1cc(C(F)(F)F)cc2c1C=NC2. The first-order valence-corrected chi connectivity index (χ1v) is 7.48. The molecule has 0 unspecified atom stereocenters. The molecule has 0 bridgehead atoms. The molecule has 1 aromatic carbocycles. The number of nitrogens with zero attached hydrogens (tertiary/aromatic N) is 4. The van der Waals surface area contributed by atoms with E-state index in [4.69, 9.17) is 5.26 Å². The molecule has 0 saturated carbocycles. The molecule has 2 heterocycles. The fourth-order valence-corrected chi connectivity index (χ4v) is 3.06. The average molecular weight is 332 g/mol. The number of aromatic nitrogens is 2. The van der Waals surface area contributed by atoms with E-state index in [0.29, 0.717) is 40.9 Å². The van der Waals surface area contributed by atoms with Crippen molar-refractivity contribution in [1.29, 1.82) is 5.26 Å². The quantitative estimate of drug-likeness (QED) is 0.852. The second kappa shape index (κ2) is 5.78. The molecular formula is C17H15F3N4. The van der Waals surface area contributed by atoms with Crippen LogP contribution in [0, 0.1) is 25.2 Å². The summed E-state index contributed by atoms with van der Waals surface area (Å²) in [7, 11) is 0. The molecule has 0 radical (unpaired) electrons. The Kier molecular flexibility index (Phi) is 3.91. The molecule has 0 amide bonds. The molecule has 0 spiro atoms. The van der Waals surface area contributed by atoms with Crippen LogP contribution in [0.15, 0.2) is 17.1 Å². The Hall–Kier alpha value is -2.62. The smallest absolute Gasteiger partial charge is 0.288 e. The molecule has 1 aromatic heterocycles. The van der Waals surface area contributed by atoms with Gasteiger partial charge in [-0.1, -0.05) is 0 Å². The van der Waals surface area contributed by atoms with E-state index in [-0.39, 0.29) is 6.54 Å². The number of aryl methyl sites for hydroxylation is 2. The van der Waals surface area contributed by atoms with Gasteiger partial charge in [0.1, 0.15) is 0 Å². The van der Waals surface area contributed by atoms with Crippen molar-refractivity contribution < 1.29 is 13.2 Å². The summed E-state index contributed by atoms with van der Waals surface area (Å²) < 4.78 is 41.4. The van der Waals surface area contributed by atoms with Crippen LogP contribution >= 0.6 is 0 Å². The lowest BCUT2D eigenvalue weighted by atomic mass is 9.93. The molecule has 0 fully saturated rings. The highest BCUT2D eigenvalue weighted by Gasteiger charge is 2.33. The van der Waals surface area contributed by atoms with Gasteiger partial charge in [0.2, 0.25) is 0 Å². The molecular weight excluding hydrogens is 317 g/mol. The largest absolute Gasteiger partial charge is 0.416 e. The van der Waals surface area contributed by atoms with Crippen molar-refractivity contribution in [3.05, 3.63) is 40.2 Å². The Bertz CT molecular complexity index is 869. The van der Waals surface area contributed by atoms with E-state index in [0.717, 1.165) is 11.8 Å². The topological polar surface area (TPSA) is 54.0 Å². The minimum Gasteiger partial charge on any atom is -0.288 e. The standard InChI is InChI=1S/C17H15F3N4/c1-10-16(11(2)24(23-10)5-3-4-21)14-7-13(17(18,19)20)6-12-8-22-9-15(12)14/h6-7,9H,3,5,8H2,1-2H3. The summed E-state index contributed by atoms with van der Waals surface area (Å²) in [5.74, 6) is 0. The van der Waals surface area contributed by atoms with Crippen molar-refractivity contribution in [2.45, 2.75) is 39.5 Å². The molecule has 0 N–H and O–H groups in total. The first kappa shape index (κ1) is 16.2. The molecule has 0 saturated heterocycles. The summed E-state index contributed by atoms with van der Waals surface area (Å²) in [5.41, 5.74) is 3.20. The number of rotatable bonds is 3. The monoisotopic (exact) mass is 332 g/mol. The van der Waals surface area contributed by atoms with Crippen molar-refractivity contribution in [3.8, 4) is 17.2 Å². The average Bonchev–Trinajstić information content (AvgIpc) is 3.08. The predicted octanol–water partition coefficient (Wildman–Crippen LogP) is 4.03. The van der Waals surface area contributed by atoms with E-state index in [1.54, 1.807) is 17.8 Å². The second-order valence-electron chi connectivity index (χ2n) is 5.74. The van der Waals surface area contributed by atoms with Crippen LogP contribution in [-0.2, 0) is 19.3 Å². The highest BCUT2D eigenvalue weighted by atomic mass is 19.4. The van der Waals surface area contributed by atoms with Gasteiger partial charge >= 0.3 is 6.18 Å². The number of halogens is 3. The maximum Gasteiger partial charge on any atom is 0.416 e. The van der Waals surface area contributed by atoms with Gasteiger partial charge in [0.25, 0.3) is 0 Å². The molecule has 3 rings (SSSR count). The fourth-order valence-electron chi connectivity index (χ4n) is 3.06. The van der Waals surface area contributed by atoms with Crippen LogP contribution in [0.25, 0.3) is 11.1 Å². The van der Waals surface area contributed by atoms with Crippen LogP contribution in [0.1, 0.15) is 34.5 Å². The van der Waals surface area contributed by atoms with Gasteiger partial charge in [-0.15, -0.1) is 0 Å². The van der Waals surface area contributed by atoms with Gasteiger partial charge in [-0.25, -0.2) is 0 Å². The Morgan fingerprint density at radius 2 is 2.04 bits per heavy atom. The van der Waals surface area contributed by atoms with Gasteiger partial charge in [-0.2, -0.15) is 23.5 Å². The van der Waals surface area contributed by atoms with E-state index < -0.39 is 11.7 Å². The summed E-state index contributed by atoms with van der Waals surface area (Å²) in [4.78, 5) is 4.11. The van der Waals surface area contributed by atoms with Crippen molar-refractivity contribution in [1.82, 2.24) is 9.78 Å². The minimum absolute atomic E-state index is 0.257. The van der Waals surface area contributed by atoms with Crippen molar-refractivity contribution in [3.63, 3.8) is 0 Å². The van der Waals surface area contributed by atoms with Gasteiger partial charge < -0.3 is 0 Å². The zero-order chi connectivity index (χ0) is 17.5. The zero-order valence-corrected chi connectivity index (χ0v) is 13.3. The first-order valence-electron chi connectivity index (χ1n) is 7.48. The number of nitriles is 1. The molecule has 0 atom stereocenters. The van der Waals surface area contributed by atoms with Crippen molar-refractivity contribution in [2.24, 2.45) is 4.99 Å². The summed E-state index contributed by atoms with van der Waals surface area (Å²) in [5, 5.41) is 13.1. The lowest BCUT2D eigenvalue weighted by Crippen LogP contribution is -2.07. The lowest BCUT2D eigenvalue weighted by Gasteiger charge is -2.14. The first-order chi connectivity index (χ1) is 11.3. The maximum absolute atomic E-state index is 13.2. The predicted molar refractivity (Wildman–Crippen MR) is 83.7 cm³/mol. The van der Waals surface area contributed by atoms with Crippen LogP contribution in [0.5, 0.6) is 0 Å². The third-order valence-corrected chi connectivity index (χ3v) is 4.16. The second-order valence-corrected chi connectivity index (χ2v) is 5.74. The number of hydrogen-bond donors (Lipinski definition) is 0. The third kappa shape index (κ3) is 2.68. The summed E-state index contributed by atoms with van der Waals surface area (Å²) in [6.45, 7) is 4.25. The molecule has 0 aliphatic carbocycles. The molecule has 1 aliphatic heterocycles. The van der Waals surface area contributed by atoms with E-state index in [1.165, 1.54) is 6.07 Å². The molecule has 2 aromatic rings. The highest BCUT2D eigenvalue weighted by molar-refractivity contribution is 5.95. The van der Waals surface area contributed by atoms with Gasteiger partial charge in [0, 0.05) is 23.0 Å². The number of aliphatic imine (C=N–C) groups is 1. The van der Waals surface area contributed by atoms with E-state index in [9.17, 15) is 13.2 Å². The van der Waals surface area contributed by atoms with Gasteiger partial charge in [-0.3, -0.25) is 9.67 Å². The van der Waals surface area contributed by atoms with E-state index in [1.807, 2.05) is 6.92 Å². The van der Waals surface area contributed by atoms with Crippen LogP contribution in [-0.4, -0.2) is 16.0 Å². The van der Waals surface area contributed by atoms with Gasteiger partial charge in [0.15, 0.2) is 0 Å². The number of fused-ring (bicyclic) bond motifs is 1. The summed E-state index contributed by atoms with van der Waals surface area (Å²) >= 11 is 0. The Labute approximate surface area is 137 Å². The summed E-state index contributed by atoms with van der Waals surface area (Å²) in [6, 6.07) is 4.38. The van der Waals surface area contributed by atoms with E-state index >= 15 is 0 Å². The number of alkyl halides is 3. The van der Waals surface area contributed by atoms with Crippen LogP contribution in [0.2, 0.25) is 0 Å². The fraction of sp³-hybridized carbons (Fsp3) is 0.353. The van der Waals surface area contributed by atoms with E-state index in [2.05, 4.69) is 16.2 Å². The lowest BCUT2D eigenvalue weighted by molar-refractivity contribution is -0.137. The van der Waals surface area contributed by atoms with Crippen LogP contribution < -0.4 is 0 Å². The van der Waals surface area contributed by atoms with Gasteiger partial charge in [-0.05, 0) is 37.1 Å². The van der Waals surface area contributed by atoms with Crippen molar-refractivity contribution in [2.75, 3.05) is 0 Å². The highest BCUT2D eigenvalue weighted by Crippen LogP contribution is 2.39. The number of hydrogen-bond acceptors (Lipinski definition) is 3. The van der Waals surface area contributed by atoms with Crippen LogP contribution in [0.3, 0.4) is 0 Å². The van der Waals surface area contributed by atoms with Crippen LogP contribution in [0.4, 0.5) is 13.2 Å². The normalized spacial score (nSPS) is 13.2. The number of benzene rings is 1. The Morgan fingerprint density at radius 1 is 1.29 bits per heavy atom. The van der Waals surface area contributed by atoms with Gasteiger partial charge in [0.05, 0.1) is 36.8 Å². The molecule has 24 heavy (non-hydrogen) atoms. The molecule has 124 valence electrons. The molecule has 4 nitrogen and oxygen atoms in total. The van der Waals surface area contributed by atoms with Crippen molar-refractivity contribution >= 4 is 6.21 Å². The summed E-state index contributed by atoms with van der Waals surface area (Å²) in [6.07, 6.45) is -2.50. The minimum atomic E-state index is -4.41. The molecule has 7 heteroatoms. The Balaban J connectivity index is 2.20.